The highest BCUT2D eigenvalue weighted by Gasteiger charge is 2.35. The minimum Gasteiger partial charge on any atom is -0.302 e. The minimum absolute atomic E-state index is 0.327. The van der Waals surface area contributed by atoms with Crippen molar-refractivity contribution >= 4 is 11.8 Å². The number of fused-ring (bicyclic) bond motifs is 1. The van der Waals surface area contributed by atoms with Gasteiger partial charge in [-0.05, 0) is 37.0 Å². The second-order valence-electron chi connectivity index (χ2n) is 8.59. The second-order valence-corrected chi connectivity index (χ2v) is 9.53. The van der Waals surface area contributed by atoms with E-state index in [0.717, 1.165) is 47.4 Å². The van der Waals surface area contributed by atoms with E-state index in [0.29, 0.717) is 25.1 Å². The molecule has 0 amide bonds. The Balaban J connectivity index is 1.40. The van der Waals surface area contributed by atoms with Gasteiger partial charge in [-0.15, -0.1) is 10.2 Å². The molecule has 0 bridgehead atoms. The highest BCUT2D eigenvalue weighted by Crippen LogP contribution is 2.35. The van der Waals surface area contributed by atoms with Crippen LogP contribution in [0.1, 0.15) is 37.0 Å². The molecular formula is C26H29F3N4S. The maximum absolute atomic E-state index is 13.4. The summed E-state index contributed by atoms with van der Waals surface area (Å²) in [4.78, 5) is 2.08. The molecule has 4 rings (SSSR count). The molecule has 0 saturated heterocycles. The number of hydrogen-bond donors (Lipinski definition) is 0. The molecule has 1 aliphatic rings. The Morgan fingerprint density at radius 1 is 1.09 bits per heavy atom. The molecular weight excluding hydrogens is 457 g/mol. The standard InChI is InChI=1S/C26H29F3N4S/c1-3-14-33-24(21-8-5-4-6-9-21)30-31-25(33)34-18-19(2)12-15-32-16-13-20-10-7-11-23(22(20)17-32)26(27,28)29/h4-12H,3,13-18H2,1-2H3/b19-12-. The smallest absolute Gasteiger partial charge is 0.302 e. The molecule has 0 N–H and O–H groups in total. The predicted molar refractivity (Wildman–Crippen MR) is 131 cm³/mol. The lowest BCUT2D eigenvalue weighted by Crippen LogP contribution is -2.32. The Morgan fingerprint density at radius 3 is 2.62 bits per heavy atom. The van der Waals surface area contributed by atoms with Crippen molar-refractivity contribution in [3.63, 3.8) is 0 Å². The molecule has 0 radical (unpaired) electrons. The number of halogens is 3. The van der Waals surface area contributed by atoms with Gasteiger partial charge in [0, 0.05) is 37.5 Å². The Bertz CT molecular complexity index is 1140. The highest BCUT2D eigenvalue weighted by atomic mass is 32.2. The molecule has 1 aromatic heterocycles. The van der Waals surface area contributed by atoms with Gasteiger partial charge in [-0.2, -0.15) is 13.2 Å². The first kappa shape index (κ1) is 24.5. The van der Waals surface area contributed by atoms with Crippen molar-refractivity contribution in [3.8, 4) is 11.4 Å². The van der Waals surface area contributed by atoms with Crippen molar-refractivity contribution in [2.75, 3.05) is 18.8 Å². The first-order valence-electron chi connectivity index (χ1n) is 11.5. The minimum atomic E-state index is -4.32. The third-order valence-corrected chi connectivity index (χ3v) is 7.14. The van der Waals surface area contributed by atoms with E-state index < -0.39 is 11.7 Å². The van der Waals surface area contributed by atoms with Gasteiger partial charge in [-0.25, -0.2) is 0 Å². The number of thioether (sulfide) groups is 1. The normalized spacial score (nSPS) is 14.9. The van der Waals surface area contributed by atoms with Gasteiger partial charge in [0.2, 0.25) is 0 Å². The largest absolute Gasteiger partial charge is 0.416 e. The number of aromatic nitrogens is 3. The predicted octanol–water partition coefficient (Wildman–Crippen LogP) is 6.47. The summed E-state index contributed by atoms with van der Waals surface area (Å²) in [5.41, 5.74) is 2.95. The molecule has 8 heteroatoms. The molecule has 0 fully saturated rings. The number of nitrogens with zero attached hydrogens (tertiary/aromatic N) is 4. The van der Waals surface area contributed by atoms with Crippen LogP contribution >= 0.6 is 11.8 Å². The highest BCUT2D eigenvalue weighted by molar-refractivity contribution is 7.99. The van der Waals surface area contributed by atoms with Crippen LogP contribution in [0.2, 0.25) is 0 Å². The molecule has 4 nitrogen and oxygen atoms in total. The zero-order valence-corrected chi connectivity index (χ0v) is 20.3. The summed E-state index contributed by atoms with van der Waals surface area (Å²) < 4.78 is 42.4. The van der Waals surface area contributed by atoms with Crippen LogP contribution in [0.25, 0.3) is 11.4 Å². The van der Waals surface area contributed by atoms with E-state index in [1.54, 1.807) is 11.8 Å². The quantitative estimate of drug-likeness (QED) is 0.270. The number of rotatable bonds is 8. The second kappa shape index (κ2) is 10.8. The van der Waals surface area contributed by atoms with Gasteiger partial charge < -0.3 is 4.57 Å². The van der Waals surface area contributed by atoms with E-state index in [1.807, 2.05) is 36.4 Å². The van der Waals surface area contributed by atoms with Crippen LogP contribution in [0.3, 0.4) is 0 Å². The van der Waals surface area contributed by atoms with Gasteiger partial charge in [-0.1, -0.05) is 72.8 Å². The molecule has 34 heavy (non-hydrogen) atoms. The molecule has 3 aromatic rings. The average molecular weight is 487 g/mol. The maximum atomic E-state index is 13.4. The number of hydrogen-bond acceptors (Lipinski definition) is 4. The van der Waals surface area contributed by atoms with Crippen molar-refractivity contribution in [1.29, 1.82) is 0 Å². The molecule has 2 heterocycles. The fraction of sp³-hybridized carbons (Fsp3) is 0.385. The molecule has 0 spiro atoms. The van der Waals surface area contributed by atoms with Gasteiger partial charge >= 0.3 is 6.18 Å². The van der Waals surface area contributed by atoms with Crippen LogP contribution in [-0.2, 0) is 25.7 Å². The first-order chi connectivity index (χ1) is 16.4. The van der Waals surface area contributed by atoms with Crippen LogP contribution in [-0.4, -0.2) is 38.5 Å². The van der Waals surface area contributed by atoms with Crippen molar-refractivity contribution in [3.05, 3.63) is 76.9 Å². The van der Waals surface area contributed by atoms with E-state index in [2.05, 4.69) is 39.6 Å². The summed E-state index contributed by atoms with van der Waals surface area (Å²) in [5.74, 6) is 1.63. The van der Waals surface area contributed by atoms with Gasteiger partial charge in [0.25, 0.3) is 0 Å². The van der Waals surface area contributed by atoms with Crippen LogP contribution in [0, 0.1) is 0 Å². The van der Waals surface area contributed by atoms with Crippen molar-refractivity contribution in [1.82, 2.24) is 19.7 Å². The molecule has 1 aliphatic heterocycles. The van der Waals surface area contributed by atoms with Gasteiger partial charge in [-0.3, -0.25) is 4.90 Å². The molecule has 0 saturated carbocycles. The van der Waals surface area contributed by atoms with E-state index in [-0.39, 0.29) is 0 Å². The summed E-state index contributed by atoms with van der Waals surface area (Å²) in [5, 5.41) is 9.73. The van der Waals surface area contributed by atoms with Crippen molar-refractivity contribution < 1.29 is 13.2 Å². The zero-order chi connectivity index (χ0) is 24.1. The van der Waals surface area contributed by atoms with Crippen molar-refractivity contribution in [2.45, 2.75) is 51.1 Å². The third kappa shape index (κ3) is 5.73. The molecule has 180 valence electrons. The lowest BCUT2D eigenvalue weighted by atomic mass is 9.94. The topological polar surface area (TPSA) is 34.0 Å². The Morgan fingerprint density at radius 2 is 1.88 bits per heavy atom. The summed E-state index contributed by atoms with van der Waals surface area (Å²) in [6.45, 7) is 6.76. The summed E-state index contributed by atoms with van der Waals surface area (Å²) in [6, 6.07) is 14.6. The van der Waals surface area contributed by atoms with Crippen LogP contribution in [0.15, 0.2) is 65.3 Å². The van der Waals surface area contributed by atoms with Gasteiger partial charge in [0.05, 0.1) is 5.56 Å². The fourth-order valence-corrected chi connectivity index (χ4v) is 5.11. The van der Waals surface area contributed by atoms with E-state index in [1.165, 1.54) is 17.7 Å². The van der Waals surface area contributed by atoms with E-state index >= 15 is 0 Å². The molecule has 0 aliphatic carbocycles. The monoisotopic (exact) mass is 486 g/mol. The summed E-state index contributed by atoms with van der Waals surface area (Å²) in [7, 11) is 0. The van der Waals surface area contributed by atoms with E-state index in [9.17, 15) is 13.2 Å². The molecule has 0 atom stereocenters. The number of alkyl halides is 3. The fourth-order valence-electron chi connectivity index (χ4n) is 4.20. The van der Waals surface area contributed by atoms with Crippen molar-refractivity contribution in [2.24, 2.45) is 0 Å². The molecule has 2 aromatic carbocycles. The maximum Gasteiger partial charge on any atom is 0.416 e. The molecule has 0 unspecified atom stereocenters. The Hall–Kier alpha value is -2.58. The number of benzene rings is 2. The van der Waals surface area contributed by atoms with Crippen LogP contribution in [0.5, 0.6) is 0 Å². The summed E-state index contributed by atoms with van der Waals surface area (Å²) in [6.07, 6.45) is -0.573. The Kier molecular flexibility index (Phi) is 7.78. The summed E-state index contributed by atoms with van der Waals surface area (Å²) >= 11 is 1.65. The zero-order valence-electron chi connectivity index (χ0n) is 19.5. The van der Waals surface area contributed by atoms with E-state index in [4.69, 9.17) is 0 Å². The lowest BCUT2D eigenvalue weighted by molar-refractivity contribution is -0.138. The first-order valence-corrected chi connectivity index (χ1v) is 12.5. The third-order valence-electron chi connectivity index (χ3n) is 5.98. The van der Waals surface area contributed by atoms with Gasteiger partial charge in [0.15, 0.2) is 11.0 Å². The van der Waals surface area contributed by atoms with Crippen LogP contribution < -0.4 is 0 Å². The average Bonchev–Trinajstić information content (AvgIpc) is 3.23. The Labute approximate surface area is 202 Å². The van der Waals surface area contributed by atoms with Crippen LogP contribution in [0.4, 0.5) is 13.2 Å². The SMILES string of the molecule is CCCn1c(SC/C(C)=C\CN2CCc3cccc(C(F)(F)F)c3C2)nnc1-c1ccccc1. The van der Waals surface area contributed by atoms with Gasteiger partial charge in [0.1, 0.15) is 0 Å². The lowest BCUT2D eigenvalue weighted by Gasteiger charge is -2.30.